The lowest BCUT2D eigenvalue weighted by Crippen LogP contribution is -2.46. The Hall–Kier alpha value is -0.210. The van der Waals surface area contributed by atoms with E-state index >= 15 is 0 Å². The van der Waals surface area contributed by atoms with Crippen molar-refractivity contribution in [2.75, 3.05) is 38.6 Å². The van der Waals surface area contributed by atoms with Crippen LogP contribution in [0.2, 0.25) is 0 Å². The Balaban J connectivity index is 1.37. The van der Waals surface area contributed by atoms with Crippen molar-refractivity contribution in [3.63, 3.8) is 0 Å². The molecule has 21 heavy (non-hydrogen) atoms. The summed E-state index contributed by atoms with van der Waals surface area (Å²) < 4.78 is 20.1. The third kappa shape index (κ3) is 3.12. The van der Waals surface area contributed by atoms with Crippen molar-refractivity contribution < 1.29 is 9.47 Å². The van der Waals surface area contributed by atoms with Crippen LogP contribution in [0.3, 0.4) is 0 Å². The largest absolute Gasteiger partial charge is 0.350 e. The van der Waals surface area contributed by atoms with Gasteiger partial charge in [0.1, 0.15) is 5.03 Å². The molecule has 0 aromatic carbocycles. The van der Waals surface area contributed by atoms with Gasteiger partial charge in [0, 0.05) is 24.6 Å². The fourth-order valence-corrected chi connectivity index (χ4v) is 5.35. The third-order valence-electron chi connectivity index (χ3n) is 4.77. The monoisotopic (exact) mass is 327 g/mol. The predicted molar refractivity (Wildman–Crippen MR) is 82.8 cm³/mol. The van der Waals surface area contributed by atoms with E-state index in [0.717, 1.165) is 36.3 Å². The predicted octanol–water partition coefficient (Wildman–Crippen LogP) is 2.20. The van der Waals surface area contributed by atoms with Crippen molar-refractivity contribution in [3.8, 4) is 0 Å². The van der Waals surface area contributed by atoms with Crippen molar-refractivity contribution in [2.24, 2.45) is 5.92 Å². The minimum Gasteiger partial charge on any atom is -0.350 e. The van der Waals surface area contributed by atoms with Gasteiger partial charge in [-0.1, -0.05) is 0 Å². The molecular weight excluding hydrogens is 306 g/mol. The highest BCUT2D eigenvalue weighted by Crippen LogP contribution is 2.41. The molecule has 0 N–H and O–H groups in total. The molecule has 7 heteroatoms. The molecule has 5 heterocycles. The average molecular weight is 327 g/mol. The van der Waals surface area contributed by atoms with Crippen molar-refractivity contribution >= 4 is 23.5 Å². The zero-order chi connectivity index (χ0) is 14.1. The molecule has 4 saturated heterocycles. The van der Waals surface area contributed by atoms with Gasteiger partial charge in [0.05, 0.1) is 30.6 Å². The number of nitrogens with zero attached hydrogens (tertiary/aromatic N) is 3. The van der Waals surface area contributed by atoms with Crippen LogP contribution < -0.4 is 0 Å². The highest BCUT2D eigenvalue weighted by Gasteiger charge is 2.37. The van der Waals surface area contributed by atoms with E-state index in [0.29, 0.717) is 5.92 Å². The molecule has 0 saturated carbocycles. The average Bonchev–Trinajstić information content (AvgIpc) is 3.20. The highest BCUT2D eigenvalue weighted by molar-refractivity contribution is 7.99. The molecule has 2 bridgehead atoms. The van der Waals surface area contributed by atoms with Crippen LogP contribution in [0.5, 0.6) is 0 Å². The summed E-state index contributed by atoms with van der Waals surface area (Å²) in [5, 5.41) is 1.15. The van der Waals surface area contributed by atoms with Crippen molar-refractivity contribution in [1.82, 2.24) is 13.6 Å². The third-order valence-corrected chi connectivity index (χ3v) is 6.44. The topological polar surface area (TPSA) is 47.5 Å². The van der Waals surface area contributed by atoms with Gasteiger partial charge >= 0.3 is 0 Å². The van der Waals surface area contributed by atoms with Crippen LogP contribution >= 0.6 is 23.5 Å². The van der Waals surface area contributed by atoms with E-state index in [1.54, 1.807) is 0 Å². The zero-order valence-electron chi connectivity index (χ0n) is 12.1. The number of hydrogen-bond donors (Lipinski definition) is 0. The normalized spacial score (nSPS) is 32.9. The molecule has 116 valence electrons. The van der Waals surface area contributed by atoms with Gasteiger partial charge in [-0.3, -0.25) is 0 Å². The Morgan fingerprint density at radius 1 is 1.19 bits per heavy atom. The highest BCUT2D eigenvalue weighted by atomic mass is 32.2. The smallest absolute Gasteiger partial charge is 0.158 e. The summed E-state index contributed by atoms with van der Waals surface area (Å²) in [4.78, 5) is 2.58. The maximum absolute atomic E-state index is 5.48. The molecule has 1 atom stereocenters. The minimum absolute atomic E-state index is 0.00986. The maximum atomic E-state index is 5.48. The fourth-order valence-electron chi connectivity index (χ4n) is 3.61. The fraction of sp³-hybridized carbons (Fsp3) is 0.857. The summed E-state index contributed by atoms with van der Waals surface area (Å²) in [7, 11) is 0. The molecule has 0 radical (unpaired) electrons. The van der Waals surface area contributed by atoms with E-state index in [1.165, 1.54) is 49.9 Å². The first-order valence-electron chi connectivity index (χ1n) is 7.81. The lowest BCUT2D eigenvalue weighted by molar-refractivity contribution is -0.0421. The molecular formula is C14H21N3O2S2. The molecule has 0 spiro atoms. The van der Waals surface area contributed by atoms with Crippen LogP contribution in [0.15, 0.2) is 5.03 Å². The van der Waals surface area contributed by atoms with Crippen LogP contribution in [0, 0.1) is 5.92 Å². The number of fused-ring (bicyclic) bond motifs is 3. The molecule has 1 aromatic rings. The van der Waals surface area contributed by atoms with Gasteiger partial charge in [-0.2, -0.15) is 8.75 Å². The first kappa shape index (κ1) is 14.4. The standard InChI is InChI=1S/C14H21N3O2S2/c1-4-17-5-2-10(1)11(9-17)13-14(16-21-15-13)20-8-3-12-18-6-7-19-12/h10-12H,1-9H2. The zero-order valence-corrected chi connectivity index (χ0v) is 13.7. The van der Waals surface area contributed by atoms with E-state index in [9.17, 15) is 0 Å². The lowest BCUT2D eigenvalue weighted by atomic mass is 9.78. The van der Waals surface area contributed by atoms with Gasteiger partial charge in [-0.05, 0) is 31.8 Å². The number of rotatable bonds is 5. The number of thioether (sulfide) groups is 1. The second kappa shape index (κ2) is 6.50. The van der Waals surface area contributed by atoms with Gasteiger partial charge in [0.2, 0.25) is 0 Å². The molecule has 5 nitrogen and oxygen atoms in total. The molecule has 0 amide bonds. The summed E-state index contributed by atoms with van der Waals surface area (Å²) in [6, 6.07) is 0. The van der Waals surface area contributed by atoms with Crippen molar-refractivity contribution in [3.05, 3.63) is 5.69 Å². The van der Waals surface area contributed by atoms with Crippen LogP contribution in [0.25, 0.3) is 0 Å². The number of piperidine rings is 3. The van der Waals surface area contributed by atoms with Gasteiger partial charge in [0.25, 0.3) is 0 Å². The van der Waals surface area contributed by atoms with E-state index in [-0.39, 0.29) is 6.29 Å². The molecule has 4 aliphatic heterocycles. The quantitative estimate of drug-likeness (QED) is 0.773. The molecule has 5 rings (SSSR count). The van der Waals surface area contributed by atoms with E-state index in [4.69, 9.17) is 9.47 Å². The Morgan fingerprint density at radius 2 is 2.00 bits per heavy atom. The molecule has 1 aromatic heterocycles. The summed E-state index contributed by atoms with van der Waals surface area (Å²) in [6.07, 6.45) is 3.58. The Morgan fingerprint density at radius 3 is 2.71 bits per heavy atom. The van der Waals surface area contributed by atoms with Crippen molar-refractivity contribution in [1.29, 1.82) is 0 Å². The van der Waals surface area contributed by atoms with E-state index < -0.39 is 0 Å². The van der Waals surface area contributed by atoms with Gasteiger partial charge in [0.15, 0.2) is 6.29 Å². The van der Waals surface area contributed by atoms with Gasteiger partial charge in [-0.15, -0.1) is 11.8 Å². The SMILES string of the molecule is C1COC(CCSc2nsnc2C2CN3CCC2CC3)O1. The van der Waals surface area contributed by atoms with Crippen LogP contribution in [0.4, 0.5) is 0 Å². The van der Waals surface area contributed by atoms with Gasteiger partial charge in [-0.25, -0.2) is 0 Å². The molecule has 0 aliphatic carbocycles. The summed E-state index contributed by atoms with van der Waals surface area (Å²) in [6.45, 7) is 5.20. The summed E-state index contributed by atoms with van der Waals surface area (Å²) in [5.41, 5.74) is 1.26. The van der Waals surface area contributed by atoms with E-state index in [1.807, 2.05) is 11.8 Å². The summed E-state index contributed by atoms with van der Waals surface area (Å²) in [5.74, 6) is 2.41. The number of ether oxygens (including phenoxy) is 2. The molecule has 4 aliphatic rings. The lowest BCUT2D eigenvalue weighted by Gasteiger charge is -2.44. The van der Waals surface area contributed by atoms with Crippen LogP contribution in [-0.2, 0) is 9.47 Å². The maximum Gasteiger partial charge on any atom is 0.158 e. The minimum atomic E-state index is -0.00986. The van der Waals surface area contributed by atoms with E-state index in [2.05, 4.69) is 13.6 Å². The molecule has 1 unspecified atom stereocenters. The first-order valence-corrected chi connectivity index (χ1v) is 9.52. The van der Waals surface area contributed by atoms with Crippen LogP contribution in [-0.4, -0.2) is 58.5 Å². The van der Waals surface area contributed by atoms with Crippen LogP contribution in [0.1, 0.15) is 30.9 Å². The summed E-state index contributed by atoms with van der Waals surface area (Å²) >= 11 is 3.19. The Kier molecular flexibility index (Phi) is 4.45. The van der Waals surface area contributed by atoms with Gasteiger partial charge < -0.3 is 14.4 Å². The second-order valence-corrected chi connectivity index (χ2v) is 7.62. The van der Waals surface area contributed by atoms with Crippen molar-refractivity contribution in [2.45, 2.75) is 36.5 Å². The Labute approximate surface area is 133 Å². The first-order chi connectivity index (χ1) is 10.4. The number of hydrogen-bond acceptors (Lipinski definition) is 7. The number of aromatic nitrogens is 2. The Bertz CT molecular complexity index is 471. The second-order valence-electron chi connectivity index (χ2n) is 6.01. The molecule has 4 fully saturated rings.